The molecule has 1 aromatic heterocycles. The lowest BCUT2D eigenvalue weighted by Gasteiger charge is -2.25. The van der Waals surface area contributed by atoms with Crippen LogP contribution in [0.1, 0.15) is 60.6 Å². The number of rotatable bonds is 6. The predicted molar refractivity (Wildman–Crippen MR) is 86.0 cm³/mol. The highest BCUT2D eigenvalue weighted by Gasteiger charge is 2.24. The second kappa shape index (κ2) is 7.07. The van der Waals surface area contributed by atoms with E-state index in [0.29, 0.717) is 11.3 Å². The fourth-order valence-electron chi connectivity index (χ4n) is 2.36. The molecule has 1 heterocycles. The maximum absolute atomic E-state index is 12.3. The number of carboxylic acid groups (broad SMARTS) is 1. The van der Waals surface area contributed by atoms with Crippen LogP contribution < -0.4 is 5.32 Å². The molecule has 0 aliphatic heterocycles. The van der Waals surface area contributed by atoms with Gasteiger partial charge in [-0.05, 0) is 36.8 Å². The summed E-state index contributed by atoms with van der Waals surface area (Å²) in [5.74, 6) is -1.06. The zero-order valence-corrected chi connectivity index (χ0v) is 14.3. The van der Waals surface area contributed by atoms with E-state index in [1.807, 2.05) is 33.8 Å². The van der Waals surface area contributed by atoms with E-state index in [4.69, 9.17) is 5.11 Å². The van der Waals surface area contributed by atoms with Gasteiger partial charge in [-0.25, -0.2) is 0 Å². The summed E-state index contributed by atoms with van der Waals surface area (Å²) >= 11 is 1.49. The zero-order valence-electron chi connectivity index (χ0n) is 13.4. The van der Waals surface area contributed by atoms with Crippen LogP contribution in [0.4, 0.5) is 0 Å². The summed E-state index contributed by atoms with van der Waals surface area (Å²) in [4.78, 5) is 25.1. The largest absolute Gasteiger partial charge is 0.481 e. The molecular formula is C16H25NO3S. The first kappa shape index (κ1) is 17.7. The molecule has 1 rings (SSSR count). The number of aryl methyl sites for hydroxylation is 2. The standard InChI is InChI=1S/C16H25NO3S/c1-6-12-10(2)7-13(21-12)15(20)17-11(8-14(18)19)9-16(3,4)5/h7,11H,6,8-9H2,1-5H3,(H,17,20)(H,18,19). The average Bonchev–Trinajstić information content (AvgIpc) is 2.67. The summed E-state index contributed by atoms with van der Waals surface area (Å²) < 4.78 is 0. The molecule has 4 nitrogen and oxygen atoms in total. The molecule has 1 atom stereocenters. The highest BCUT2D eigenvalue weighted by atomic mass is 32.1. The number of carbonyl (C=O) groups excluding carboxylic acids is 1. The Morgan fingerprint density at radius 3 is 2.43 bits per heavy atom. The molecular weight excluding hydrogens is 286 g/mol. The van der Waals surface area contributed by atoms with E-state index in [-0.39, 0.29) is 23.8 Å². The van der Waals surface area contributed by atoms with E-state index >= 15 is 0 Å². The number of amides is 1. The zero-order chi connectivity index (χ0) is 16.2. The fraction of sp³-hybridized carbons (Fsp3) is 0.625. The second-order valence-corrected chi connectivity index (χ2v) is 7.74. The van der Waals surface area contributed by atoms with Crippen molar-refractivity contribution in [2.75, 3.05) is 0 Å². The van der Waals surface area contributed by atoms with E-state index in [1.54, 1.807) is 0 Å². The van der Waals surface area contributed by atoms with Gasteiger partial charge >= 0.3 is 5.97 Å². The normalized spacial score (nSPS) is 13.0. The van der Waals surface area contributed by atoms with Gasteiger partial charge in [0.2, 0.25) is 0 Å². The molecule has 2 N–H and O–H groups in total. The lowest BCUT2D eigenvalue weighted by Crippen LogP contribution is -2.38. The Bertz CT molecular complexity index is 514. The van der Waals surface area contributed by atoms with Gasteiger partial charge in [-0.1, -0.05) is 27.7 Å². The molecule has 0 saturated carbocycles. The maximum atomic E-state index is 12.3. The Labute approximate surface area is 130 Å². The molecule has 0 saturated heterocycles. The fourth-order valence-corrected chi connectivity index (χ4v) is 3.38. The van der Waals surface area contributed by atoms with Crippen LogP contribution in [0, 0.1) is 12.3 Å². The topological polar surface area (TPSA) is 66.4 Å². The lowest BCUT2D eigenvalue weighted by atomic mass is 9.87. The Hall–Kier alpha value is -1.36. The second-order valence-electron chi connectivity index (χ2n) is 6.60. The predicted octanol–water partition coefficient (Wildman–Crippen LogP) is 3.63. The number of nitrogens with one attached hydrogen (secondary N) is 1. The Morgan fingerprint density at radius 1 is 1.38 bits per heavy atom. The van der Waals surface area contributed by atoms with E-state index < -0.39 is 5.97 Å². The number of carboxylic acids is 1. The minimum atomic E-state index is -0.888. The summed E-state index contributed by atoms with van der Waals surface area (Å²) in [6.07, 6.45) is 1.49. The highest BCUT2D eigenvalue weighted by molar-refractivity contribution is 7.14. The van der Waals surface area contributed by atoms with Crippen molar-refractivity contribution < 1.29 is 14.7 Å². The summed E-state index contributed by atoms with van der Waals surface area (Å²) in [5.41, 5.74) is 1.09. The van der Waals surface area contributed by atoms with E-state index in [1.165, 1.54) is 16.2 Å². The van der Waals surface area contributed by atoms with Crippen LogP contribution in [-0.2, 0) is 11.2 Å². The molecule has 1 amide bonds. The summed E-state index contributed by atoms with van der Waals surface area (Å²) in [6.45, 7) is 10.2. The quantitative estimate of drug-likeness (QED) is 0.843. The van der Waals surface area contributed by atoms with Gasteiger partial charge in [0.25, 0.3) is 5.91 Å². The molecule has 1 unspecified atom stereocenters. The Balaban J connectivity index is 2.81. The highest BCUT2D eigenvalue weighted by Crippen LogP contribution is 2.25. The van der Waals surface area contributed by atoms with Crippen LogP contribution in [0.3, 0.4) is 0 Å². The van der Waals surface area contributed by atoms with Crippen molar-refractivity contribution in [3.8, 4) is 0 Å². The minimum absolute atomic E-state index is 0.0344. The van der Waals surface area contributed by atoms with Crippen LogP contribution in [0.25, 0.3) is 0 Å². The molecule has 0 radical (unpaired) electrons. The van der Waals surface area contributed by atoms with Gasteiger partial charge in [-0.3, -0.25) is 9.59 Å². The first-order chi connectivity index (χ1) is 9.62. The molecule has 0 bridgehead atoms. The smallest absolute Gasteiger partial charge is 0.305 e. The first-order valence-electron chi connectivity index (χ1n) is 7.24. The number of hydrogen-bond donors (Lipinski definition) is 2. The van der Waals surface area contributed by atoms with Gasteiger partial charge in [-0.15, -0.1) is 11.3 Å². The Morgan fingerprint density at radius 2 is 2.00 bits per heavy atom. The van der Waals surface area contributed by atoms with E-state index in [0.717, 1.165) is 12.0 Å². The molecule has 118 valence electrons. The van der Waals surface area contributed by atoms with Crippen LogP contribution in [0.2, 0.25) is 0 Å². The molecule has 0 aliphatic rings. The third-order valence-corrected chi connectivity index (χ3v) is 4.56. The van der Waals surface area contributed by atoms with E-state index in [2.05, 4.69) is 12.2 Å². The van der Waals surface area contributed by atoms with Crippen LogP contribution in [0.5, 0.6) is 0 Å². The van der Waals surface area contributed by atoms with Crippen molar-refractivity contribution >= 4 is 23.2 Å². The molecule has 0 aliphatic carbocycles. The third kappa shape index (κ3) is 5.87. The van der Waals surface area contributed by atoms with Crippen molar-refractivity contribution in [1.82, 2.24) is 5.32 Å². The molecule has 5 heteroatoms. The van der Waals surface area contributed by atoms with Gasteiger partial charge < -0.3 is 10.4 Å². The molecule has 0 aromatic carbocycles. The molecule has 0 fully saturated rings. The minimum Gasteiger partial charge on any atom is -0.481 e. The molecule has 1 aromatic rings. The van der Waals surface area contributed by atoms with Crippen LogP contribution in [0.15, 0.2) is 6.07 Å². The SMILES string of the molecule is CCc1sc(C(=O)NC(CC(=O)O)CC(C)(C)C)cc1C. The van der Waals surface area contributed by atoms with Gasteiger partial charge in [0.1, 0.15) is 0 Å². The van der Waals surface area contributed by atoms with Gasteiger partial charge in [0.05, 0.1) is 11.3 Å². The van der Waals surface area contributed by atoms with Crippen molar-refractivity contribution in [2.24, 2.45) is 5.41 Å². The van der Waals surface area contributed by atoms with Gasteiger partial charge in [0, 0.05) is 10.9 Å². The number of thiophene rings is 1. The summed E-state index contributed by atoms with van der Waals surface area (Å²) in [5, 5.41) is 11.9. The van der Waals surface area contributed by atoms with E-state index in [9.17, 15) is 9.59 Å². The average molecular weight is 311 g/mol. The van der Waals surface area contributed by atoms with Gasteiger partial charge in [-0.2, -0.15) is 0 Å². The number of hydrogen-bond acceptors (Lipinski definition) is 3. The summed E-state index contributed by atoms with van der Waals surface area (Å²) in [7, 11) is 0. The monoisotopic (exact) mass is 311 g/mol. The third-order valence-electron chi connectivity index (χ3n) is 3.18. The number of carbonyl (C=O) groups is 2. The molecule has 21 heavy (non-hydrogen) atoms. The van der Waals surface area contributed by atoms with Crippen LogP contribution >= 0.6 is 11.3 Å². The first-order valence-corrected chi connectivity index (χ1v) is 8.06. The maximum Gasteiger partial charge on any atom is 0.305 e. The lowest BCUT2D eigenvalue weighted by molar-refractivity contribution is -0.137. The Kier molecular flexibility index (Phi) is 5.96. The van der Waals surface area contributed by atoms with Crippen LogP contribution in [-0.4, -0.2) is 23.0 Å². The summed E-state index contributed by atoms with van der Waals surface area (Å²) in [6, 6.07) is 1.54. The van der Waals surface area contributed by atoms with Crippen molar-refractivity contribution in [3.05, 3.63) is 21.4 Å². The molecule has 0 spiro atoms. The van der Waals surface area contributed by atoms with Crippen molar-refractivity contribution in [2.45, 2.75) is 59.9 Å². The number of aliphatic carboxylic acids is 1. The van der Waals surface area contributed by atoms with Gasteiger partial charge in [0.15, 0.2) is 0 Å². The van der Waals surface area contributed by atoms with Crippen molar-refractivity contribution in [1.29, 1.82) is 0 Å². The van der Waals surface area contributed by atoms with Crippen molar-refractivity contribution in [3.63, 3.8) is 0 Å².